The topological polar surface area (TPSA) is 72.0 Å². The zero-order valence-electron chi connectivity index (χ0n) is 7.72. The van der Waals surface area contributed by atoms with Gasteiger partial charge in [-0.3, -0.25) is 10.4 Å². The molecule has 0 aliphatic carbocycles. The van der Waals surface area contributed by atoms with Gasteiger partial charge in [-0.2, -0.15) is 0 Å². The predicted molar refractivity (Wildman–Crippen MR) is 46.7 cm³/mol. The van der Waals surface area contributed by atoms with Gasteiger partial charge in [0, 0.05) is 11.8 Å². The molecule has 1 aromatic rings. The maximum atomic E-state index is 11.9. The van der Waals surface area contributed by atoms with Crippen molar-refractivity contribution in [3.8, 4) is 5.75 Å². The second-order valence-corrected chi connectivity index (χ2v) is 2.74. The molecule has 0 bridgehead atoms. The van der Waals surface area contributed by atoms with Crippen LogP contribution >= 0.6 is 0 Å². The van der Waals surface area contributed by atoms with E-state index in [4.69, 9.17) is 11.1 Å². The molecule has 1 aromatic heterocycles. The minimum atomic E-state index is -4.76. The summed E-state index contributed by atoms with van der Waals surface area (Å²) in [7, 11) is 0. The van der Waals surface area contributed by atoms with Crippen LogP contribution in [0.4, 0.5) is 13.2 Å². The van der Waals surface area contributed by atoms with Crippen molar-refractivity contribution in [2.75, 3.05) is 0 Å². The Balaban J connectivity index is 3.10. The highest BCUT2D eigenvalue weighted by Gasteiger charge is 2.32. The Labute approximate surface area is 83.4 Å². The Bertz CT molecular complexity index is 389. The van der Waals surface area contributed by atoms with E-state index in [-0.39, 0.29) is 11.3 Å². The van der Waals surface area contributed by atoms with E-state index in [1.54, 1.807) is 0 Å². The van der Waals surface area contributed by atoms with Crippen molar-refractivity contribution in [1.29, 1.82) is 5.41 Å². The maximum Gasteiger partial charge on any atom is 0.573 e. The highest BCUT2D eigenvalue weighted by molar-refractivity contribution is 5.94. The number of nitrogens with two attached hydrogens (primary N) is 1. The van der Waals surface area contributed by atoms with E-state index in [1.165, 1.54) is 6.92 Å². The first-order valence-corrected chi connectivity index (χ1v) is 3.87. The number of rotatable bonds is 2. The Morgan fingerprint density at radius 3 is 2.60 bits per heavy atom. The molecule has 0 spiro atoms. The van der Waals surface area contributed by atoms with Gasteiger partial charge < -0.3 is 10.5 Å². The molecule has 15 heavy (non-hydrogen) atoms. The fraction of sp³-hybridized carbons (Fsp3) is 0.250. The first kappa shape index (κ1) is 11.3. The number of halogens is 3. The standard InChI is InChI=1S/C8H8F3N3O/c1-4-5(15-8(9,10)11)2-3-14-6(4)7(12)13/h2-3H,1H3,(H3,12,13). The quantitative estimate of drug-likeness (QED) is 0.585. The molecule has 0 fully saturated rings. The third-order valence-corrected chi connectivity index (χ3v) is 1.64. The van der Waals surface area contributed by atoms with Crippen LogP contribution in [0.3, 0.4) is 0 Å². The summed E-state index contributed by atoms with van der Waals surface area (Å²) in [6.07, 6.45) is -3.66. The Hall–Kier alpha value is -1.79. The largest absolute Gasteiger partial charge is 0.573 e. The molecular weight excluding hydrogens is 211 g/mol. The molecule has 3 N–H and O–H groups in total. The van der Waals surface area contributed by atoms with Gasteiger partial charge in [-0.15, -0.1) is 13.2 Å². The van der Waals surface area contributed by atoms with Crippen LogP contribution in [0.15, 0.2) is 12.3 Å². The van der Waals surface area contributed by atoms with Crippen LogP contribution in [0.5, 0.6) is 5.75 Å². The van der Waals surface area contributed by atoms with Crippen LogP contribution < -0.4 is 10.5 Å². The van der Waals surface area contributed by atoms with Gasteiger partial charge in [-0.25, -0.2) is 0 Å². The van der Waals surface area contributed by atoms with Crippen LogP contribution in [-0.4, -0.2) is 17.2 Å². The van der Waals surface area contributed by atoms with Crippen molar-refractivity contribution in [3.05, 3.63) is 23.5 Å². The number of aromatic nitrogens is 1. The van der Waals surface area contributed by atoms with E-state index in [9.17, 15) is 13.2 Å². The van der Waals surface area contributed by atoms with E-state index in [2.05, 4.69) is 9.72 Å². The molecule has 0 unspecified atom stereocenters. The van der Waals surface area contributed by atoms with Crippen LogP contribution in [-0.2, 0) is 0 Å². The molecule has 0 atom stereocenters. The van der Waals surface area contributed by atoms with E-state index in [1.807, 2.05) is 0 Å². The molecular formula is C8H8F3N3O. The van der Waals surface area contributed by atoms with E-state index in [0.717, 1.165) is 12.3 Å². The smallest absolute Gasteiger partial charge is 0.405 e. The highest BCUT2D eigenvalue weighted by atomic mass is 19.4. The van der Waals surface area contributed by atoms with Gasteiger partial charge >= 0.3 is 6.36 Å². The Morgan fingerprint density at radius 1 is 1.53 bits per heavy atom. The minimum absolute atomic E-state index is 0.0169. The van der Waals surface area contributed by atoms with Crippen molar-refractivity contribution >= 4 is 5.84 Å². The summed E-state index contributed by atoms with van der Waals surface area (Å²) in [5.41, 5.74) is 5.20. The summed E-state index contributed by atoms with van der Waals surface area (Å²) in [5, 5.41) is 7.08. The average molecular weight is 219 g/mol. The Morgan fingerprint density at radius 2 is 2.13 bits per heavy atom. The monoisotopic (exact) mass is 219 g/mol. The van der Waals surface area contributed by atoms with Gasteiger partial charge in [0.15, 0.2) is 0 Å². The van der Waals surface area contributed by atoms with Crippen molar-refractivity contribution in [2.45, 2.75) is 13.3 Å². The van der Waals surface area contributed by atoms with Gasteiger partial charge in [-0.05, 0) is 13.0 Å². The maximum absolute atomic E-state index is 11.9. The lowest BCUT2D eigenvalue weighted by Gasteiger charge is -2.12. The van der Waals surface area contributed by atoms with Crippen molar-refractivity contribution in [1.82, 2.24) is 4.98 Å². The molecule has 1 rings (SSSR count). The van der Waals surface area contributed by atoms with Gasteiger partial charge in [0.05, 0.1) is 0 Å². The summed E-state index contributed by atoms with van der Waals surface area (Å²) >= 11 is 0. The normalized spacial score (nSPS) is 11.2. The summed E-state index contributed by atoms with van der Waals surface area (Å²) in [6, 6.07) is 1.06. The van der Waals surface area contributed by atoms with Crippen molar-refractivity contribution in [2.24, 2.45) is 5.73 Å². The predicted octanol–water partition coefficient (Wildman–Crippen LogP) is 1.57. The molecule has 0 aliphatic heterocycles. The third kappa shape index (κ3) is 2.83. The molecule has 0 aromatic carbocycles. The van der Waals surface area contributed by atoms with Crippen LogP contribution in [0.25, 0.3) is 0 Å². The first-order chi connectivity index (χ1) is 6.81. The number of amidine groups is 1. The molecule has 0 aliphatic rings. The van der Waals surface area contributed by atoms with Gasteiger partial charge in [0.1, 0.15) is 17.3 Å². The highest BCUT2D eigenvalue weighted by Crippen LogP contribution is 2.26. The minimum Gasteiger partial charge on any atom is -0.405 e. The number of nitrogens with one attached hydrogen (secondary N) is 1. The molecule has 0 saturated heterocycles. The molecule has 0 radical (unpaired) electrons. The lowest BCUT2D eigenvalue weighted by molar-refractivity contribution is -0.274. The van der Waals surface area contributed by atoms with Crippen molar-refractivity contribution < 1.29 is 17.9 Å². The number of alkyl halides is 3. The number of hydrogen-bond acceptors (Lipinski definition) is 3. The fourth-order valence-electron chi connectivity index (χ4n) is 1.02. The molecule has 7 heteroatoms. The zero-order chi connectivity index (χ0) is 11.6. The van der Waals surface area contributed by atoms with Crippen LogP contribution in [0, 0.1) is 12.3 Å². The molecule has 4 nitrogen and oxygen atoms in total. The second kappa shape index (κ2) is 3.76. The lowest BCUT2D eigenvalue weighted by Crippen LogP contribution is -2.20. The number of hydrogen-bond donors (Lipinski definition) is 2. The van der Waals surface area contributed by atoms with Gasteiger partial charge in [-0.1, -0.05) is 0 Å². The summed E-state index contributed by atoms with van der Waals surface area (Å²) in [5.74, 6) is -0.803. The number of nitrogens with zero attached hydrogens (tertiary/aromatic N) is 1. The summed E-state index contributed by atoms with van der Waals surface area (Å²) in [4.78, 5) is 3.67. The number of ether oxygens (including phenoxy) is 1. The van der Waals surface area contributed by atoms with Crippen LogP contribution in [0.1, 0.15) is 11.3 Å². The third-order valence-electron chi connectivity index (χ3n) is 1.64. The molecule has 0 amide bonds. The summed E-state index contributed by atoms with van der Waals surface area (Å²) < 4.78 is 39.5. The first-order valence-electron chi connectivity index (χ1n) is 3.87. The van der Waals surface area contributed by atoms with Gasteiger partial charge in [0.2, 0.25) is 0 Å². The molecule has 0 saturated carbocycles. The van der Waals surface area contributed by atoms with E-state index >= 15 is 0 Å². The van der Waals surface area contributed by atoms with E-state index < -0.39 is 17.9 Å². The van der Waals surface area contributed by atoms with E-state index in [0.29, 0.717) is 0 Å². The number of nitrogen functional groups attached to an aromatic ring is 1. The number of pyridine rings is 1. The fourth-order valence-corrected chi connectivity index (χ4v) is 1.02. The average Bonchev–Trinajstić information content (AvgIpc) is 2.05. The molecule has 82 valence electrons. The van der Waals surface area contributed by atoms with Crippen molar-refractivity contribution in [3.63, 3.8) is 0 Å². The lowest BCUT2D eigenvalue weighted by atomic mass is 10.2. The van der Waals surface area contributed by atoms with Crippen LogP contribution in [0.2, 0.25) is 0 Å². The SMILES string of the molecule is Cc1c(OC(F)(F)F)ccnc1C(=N)N. The Kier molecular flexibility index (Phi) is 2.83. The molecule has 1 heterocycles. The summed E-state index contributed by atoms with van der Waals surface area (Å²) in [6.45, 7) is 1.35. The second-order valence-electron chi connectivity index (χ2n) is 2.74. The van der Waals surface area contributed by atoms with Gasteiger partial charge in [0.25, 0.3) is 0 Å². The zero-order valence-corrected chi connectivity index (χ0v) is 7.72.